The summed E-state index contributed by atoms with van der Waals surface area (Å²) >= 11 is 0. The molecule has 15 heteroatoms. The van der Waals surface area contributed by atoms with E-state index in [4.69, 9.17) is 9.47 Å². The Balaban J connectivity index is 5.30. The van der Waals surface area contributed by atoms with Gasteiger partial charge in [0.1, 0.15) is 19.3 Å². The second kappa shape index (κ2) is 68.3. The Morgan fingerprint density at radius 1 is 0.400 bits per heavy atom. The number of nitrogens with zero attached hydrogens (tertiary/aromatic N) is 4. The van der Waals surface area contributed by atoms with Crippen LogP contribution >= 0.6 is 21.6 Å². The maximum Gasteiger partial charge on any atom is 0.306 e. The number of allylic oxidation sites excluding steroid dienone is 2. The Hall–Kier alpha value is -2.14. The van der Waals surface area contributed by atoms with E-state index in [0.717, 1.165) is 166 Å². The molecule has 0 saturated carbocycles. The van der Waals surface area contributed by atoms with Gasteiger partial charge in [-0.3, -0.25) is 24.1 Å². The summed E-state index contributed by atoms with van der Waals surface area (Å²) < 4.78 is 10.9. The average Bonchev–Trinajstić information content (AvgIpc) is 3.66. The molecule has 0 aromatic heterocycles. The highest BCUT2D eigenvalue weighted by Crippen LogP contribution is 2.25. The van der Waals surface area contributed by atoms with Crippen LogP contribution in [-0.2, 0) is 28.7 Å². The number of rotatable bonds is 70. The first-order chi connectivity index (χ1) is 43.9. The number of hydrogen-bond donors (Lipinski definition) is 3. The van der Waals surface area contributed by atoms with Gasteiger partial charge in [0.15, 0.2) is 0 Å². The number of aliphatic hydroxyl groups is 2. The van der Waals surface area contributed by atoms with E-state index in [1.807, 2.05) is 44.1 Å². The number of amides is 2. The van der Waals surface area contributed by atoms with Gasteiger partial charge in [-0.2, -0.15) is 0 Å². The highest BCUT2D eigenvalue weighted by atomic mass is 33.1. The first-order valence-corrected chi connectivity index (χ1v) is 40.2. The lowest BCUT2D eigenvalue weighted by molar-refractivity contribution is -0.143. The van der Waals surface area contributed by atoms with Crippen molar-refractivity contribution < 1.29 is 38.9 Å². The van der Waals surface area contributed by atoms with E-state index in [0.29, 0.717) is 65.1 Å². The van der Waals surface area contributed by atoms with Crippen LogP contribution in [0.2, 0.25) is 0 Å². The Bertz CT molecular complexity index is 1580. The molecule has 0 aromatic carbocycles. The predicted octanol–water partition coefficient (Wildman–Crippen LogP) is 18.0. The molecule has 530 valence electrons. The van der Waals surface area contributed by atoms with Crippen LogP contribution in [0.5, 0.6) is 0 Å². The number of nitrogens with one attached hydrogen (secondary N) is 1. The molecule has 0 saturated heterocycles. The van der Waals surface area contributed by atoms with Crippen LogP contribution in [0.15, 0.2) is 24.3 Å². The molecule has 2 amide bonds. The molecule has 0 heterocycles. The molecule has 0 radical (unpaired) electrons. The number of esters is 2. The van der Waals surface area contributed by atoms with Gasteiger partial charge in [0.25, 0.3) is 0 Å². The Morgan fingerprint density at radius 3 is 1.24 bits per heavy atom. The molecular formula is C75H145N5O8S2. The van der Waals surface area contributed by atoms with Crippen molar-refractivity contribution in [3.05, 3.63) is 24.3 Å². The molecule has 0 fully saturated rings. The van der Waals surface area contributed by atoms with Gasteiger partial charge in [-0.05, 0) is 130 Å². The van der Waals surface area contributed by atoms with Crippen LogP contribution in [0, 0.1) is 0 Å². The van der Waals surface area contributed by atoms with Gasteiger partial charge < -0.3 is 39.7 Å². The van der Waals surface area contributed by atoms with Crippen molar-refractivity contribution in [2.45, 2.75) is 335 Å². The summed E-state index contributed by atoms with van der Waals surface area (Å²) in [4.78, 5) is 60.8. The molecule has 0 aromatic rings. The molecule has 3 unspecified atom stereocenters. The molecule has 13 nitrogen and oxygen atoms in total. The summed E-state index contributed by atoms with van der Waals surface area (Å²) in [5.41, 5.74) is 0. The molecule has 0 aliphatic carbocycles. The smallest absolute Gasteiger partial charge is 0.306 e. The Kier molecular flexibility index (Phi) is 66.6. The third-order valence-corrected chi connectivity index (χ3v) is 19.7. The minimum Gasteiger partial charge on any atom is -0.461 e. The van der Waals surface area contributed by atoms with Crippen LogP contribution in [0.1, 0.15) is 317 Å². The molecular weight excluding hydrogens is 1160 g/mol. The maximum atomic E-state index is 13.9. The van der Waals surface area contributed by atoms with Crippen molar-refractivity contribution in [2.75, 3.05) is 98.2 Å². The first kappa shape index (κ1) is 87.9. The third-order valence-electron chi connectivity index (χ3n) is 17.2. The fourth-order valence-corrected chi connectivity index (χ4v) is 13.6. The number of aliphatic hydroxyl groups excluding tert-OH is 2. The molecule has 0 aliphatic heterocycles. The zero-order valence-corrected chi connectivity index (χ0v) is 61.4. The standard InChI is InChI=1S/C75H145N5O8S2/c1-8-12-16-20-24-26-32-40-51-69(81)67-80(68-70(82)52-41-33-27-25-21-17-13-9-2)60-50-53-72(83)76-71(75(86)78(7)62-61-77(5)6)56-66-90-89-65-49-46-59-79(57-44-36-30-34-42-54-73(84)87-63-47-38-28-22-18-14-10-3)58-45-37-31-35-43-55-74(85)88-64-48-39-29-23-19-15-11-4/h38-39,47-48,69-71,81-82H,8-37,40-46,49-68H2,1-7H3,(H,76,83)/b47-38-,48-39-. The van der Waals surface area contributed by atoms with E-state index in [1.54, 1.807) is 15.7 Å². The van der Waals surface area contributed by atoms with Crippen LogP contribution in [0.4, 0.5) is 0 Å². The van der Waals surface area contributed by atoms with E-state index < -0.39 is 18.2 Å². The van der Waals surface area contributed by atoms with Gasteiger partial charge in [-0.25, -0.2) is 0 Å². The summed E-state index contributed by atoms with van der Waals surface area (Å²) in [6.07, 6.45) is 55.9. The van der Waals surface area contributed by atoms with Crippen molar-refractivity contribution in [2.24, 2.45) is 0 Å². The van der Waals surface area contributed by atoms with Crippen molar-refractivity contribution >= 4 is 45.3 Å². The second-order valence-corrected chi connectivity index (χ2v) is 29.1. The quantitative estimate of drug-likeness (QED) is 0.0229. The zero-order valence-electron chi connectivity index (χ0n) is 59.8. The van der Waals surface area contributed by atoms with Gasteiger partial charge in [0, 0.05) is 64.0 Å². The zero-order chi connectivity index (χ0) is 66.0. The normalized spacial score (nSPS) is 12.9. The van der Waals surface area contributed by atoms with Crippen LogP contribution < -0.4 is 5.32 Å². The molecule has 3 N–H and O–H groups in total. The minimum atomic E-state index is -0.596. The fraction of sp³-hybridized carbons (Fsp3) is 0.893. The Morgan fingerprint density at radius 2 is 0.789 bits per heavy atom. The monoisotopic (exact) mass is 1310 g/mol. The highest BCUT2D eigenvalue weighted by Gasteiger charge is 2.25. The van der Waals surface area contributed by atoms with E-state index in [9.17, 15) is 29.4 Å². The van der Waals surface area contributed by atoms with E-state index in [-0.39, 0.29) is 30.2 Å². The number of carbonyl (C=O) groups is 4. The molecule has 0 rings (SSSR count). The Labute approximate surface area is 563 Å². The second-order valence-electron chi connectivity index (χ2n) is 26.4. The lowest BCUT2D eigenvalue weighted by Gasteiger charge is -2.28. The highest BCUT2D eigenvalue weighted by molar-refractivity contribution is 8.76. The van der Waals surface area contributed by atoms with Crippen molar-refractivity contribution in [1.82, 2.24) is 24.9 Å². The third kappa shape index (κ3) is 62.0. The van der Waals surface area contributed by atoms with Crippen molar-refractivity contribution in [3.8, 4) is 0 Å². The number of likely N-dealkylation sites (N-methyl/N-ethyl adjacent to an activating group) is 2. The van der Waals surface area contributed by atoms with Crippen LogP contribution in [-0.4, -0.2) is 170 Å². The van der Waals surface area contributed by atoms with Crippen LogP contribution in [0.25, 0.3) is 0 Å². The van der Waals surface area contributed by atoms with Gasteiger partial charge in [-0.1, -0.05) is 253 Å². The SMILES string of the molecule is CCCCCC/C=C\COC(=O)CCCCCCCN(CCCCCCCC(=O)OC/C=C\CCCCCC)CCCCSSCCC(NC(=O)CCCN(CC(O)CCCCCCCCCC)CC(O)CCCCCCCCCC)C(=O)N(C)CCN(C)C. The van der Waals surface area contributed by atoms with Crippen LogP contribution in [0.3, 0.4) is 0 Å². The fourth-order valence-electron chi connectivity index (χ4n) is 11.3. The average molecular weight is 1310 g/mol. The number of carbonyl (C=O) groups excluding carboxylic acids is 4. The van der Waals surface area contributed by atoms with Gasteiger partial charge in [0.2, 0.25) is 11.8 Å². The summed E-state index contributed by atoms with van der Waals surface area (Å²) in [7, 11) is 9.50. The molecule has 3 atom stereocenters. The lowest BCUT2D eigenvalue weighted by Crippen LogP contribution is -2.49. The van der Waals surface area contributed by atoms with E-state index >= 15 is 0 Å². The first-order valence-electron chi connectivity index (χ1n) is 37.7. The number of ether oxygens (including phenoxy) is 2. The predicted molar refractivity (Wildman–Crippen MR) is 389 cm³/mol. The molecule has 0 bridgehead atoms. The topological polar surface area (TPSA) is 152 Å². The summed E-state index contributed by atoms with van der Waals surface area (Å²) in [6, 6.07) is -0.596. The maximum absolute atomic E-state index is 13.9. The van der Waals surface area contributed by atoms with Gasteiger partial charge in [-0.15, -0.1) is 0 Å². The van der Waals surface area contributed by atoms with Crippen molar-refractivity contribution in [1.29, 1.82) is 0 Å². The minimum absolute atomic E-state index is 0.0514. The van der Waals surface area contributed by atoms with Gasteiger partial charge >= 0.3 is 11.9 Å². The molecule has 0 aliphatic rings. The van der Waals surface area contributed by atoms with E-state index in [1.165, 1.54) is 128 Å². The lowest BCUT2D eigenvalue weighted by atomic mass is 10.0. The van der Waals surface area contributed by atoms with E-state index in [2.05, 4.69) is 59.9 Å². The molecule has 0 spiro atoms. The van der Waals surface area contributed by atoms with Gasteiger partial charge in [0.05, 0.1) is 12.2 Å². The summed E-state index contributed by atoms with van der Waals surface area (Å²) in [5, 5.41) is 25.5. The number of unbranched alkanes of at least 4 members (excludes halogenated alkanes) is 31. The number of hydrogen-bond acceptors (Lipinski definition) is 13. The van der Waals surface area contributed by atoms with Crippen molar-refractivity contribution in [3.63, 3.8) is 0 Å². The largest absolute Gasteiger partial charge is 0.461 e. The molecule has 90 heavy (non-hydrogen) atoms. The summed E-state index contributed by atoms with van der Waals surface area (Å²) in [6.45, 7) is 15.9. The summed E-state index contributed by atoms with van der Waals surface area (Å²) in [5.74, 6) is 1.43.